The number of carbonyl (C=O) groups excluding carboxylic acids is 4. The minimum absolute atomic E-state index is 0.0235. The molecule has 26 heavy (non-hydrogen) atoms. The number of carbonyl (C=O) groups is 4. The zero-order valence-corrected chi connectivity index (χ0v) is 14.4. The van der Waals surface area contributed by atoms with Crippen LogP contribution in [0.25, 0.3) is 0 Å². The quantitative estimate of drug-likeness (QED) is 0.695. The SMILES string of the molecule is CC1=NC2C=CC=C(NC(=O)C3CC3)C2C(=O)N1C1CCC(=O)NC1=O. The van der Waals surface area contributed by atoms with E-state index in [0.717, 1.165) is 12.8 Å². The highest BCUT2D eigenvalue weighted by molar-refractivity contribution is 6.09. The Hall–Kier alpha value is -2.77. The van der Waals surface area contributed by atoms with E-state index in [1.807, 2.05) is 6.08 Å². The van der Waals surface area contributed by atoms with E-state index >= 15 is 0 Å². The van der Waals surface area contributed by atoms with E-state index in [1.54, 1.807) is 19.1 Å². The average molecular weight is 356 g/mol. The lowest BCUT2D eigenvalue weighted by atomic mass is 9.87. The summed E-state index contributed by atoms with van der Waals surface area (Å²) in [4.78, 5) is 55.0. The number of nitrogens with zero attached hydrogens (tertiary/aromatic N) is 2. The van der Waals surface area contributed by atoms with Crippen molar-refractivity contribution >= 4 is 29.5 Å². The number of amides is 4. The van der Waals surface area contributed by atoms with Gasteiger partial charge in [-0.25, -0.2) is 0 Å². The van der Waals surface area contributed by atoms with Gasteiger partial charge in [-0.05, 0) is 32.3 Å². The van der Waals surface area contributed by atoms with E-state index in [-0.39, 0.29) is 36.5 Å². The molecule has 1 saturated heterocycles. The minimum atomic E-state index is -0.754. The summed E-state index contributed by atoms with van der Waals surface area (Å²) in [5.41, 5.74) is 0.521. The van der Waals surface area contributed by atoms with Crippen molar-refractivity contribution in [3.63, 3.8) is 0 Å². The molecule has 0 aromatic carbocycles. The lowest BCUT2D eigenvalue weighted by Crippen LogP contribution is -2.60. The van der Waals surface area contributed by atoms with E-state index in [2.05, 4.69) is 15.6 Å². The zero-order valence-electron chi connectivity index (χ0n) is 14.4. The van der Waals surface area contributed by atoms with E-state index in [9.17, 15) is 19.2 Å². The van der Waals surface area contributed by atoms with Gasteiger partial charge < -0.3 is 5.32 Å². The fourth-order valence-electron chi connectivity index (χ4n) is 3.67. The van der Waals surface area contributed by atoms with Gasteiger partial charge in [0.1, 0.15) is 17.8 Å². The number of allylic oxidation sites excluding steroid dienone is 2. The summed E-state index contributed by atoms with van der Waals surface area (Å²) in [6.07, 6.45) is 7.52. The van der Waals surface area contributed by atoms with Gasteiger partial charge in [0.05, 0.1) is 6.04 Å². The highest BCUT2D eigenvalue weighted by Gasteiger charge is 2.46. The molecule has 0 aromatic heterocycles. The van der Waals surface area contributed by atoms with Gasteiger partial charge in [-0.1, -0.05) is 12.2 Å². The molecule has 4 rings (SSSR count). The summed E-state index contributed by atoms with van der Waals surface area (Å²) < 4.78 is 0. The van der Waals surface area contributed by atoms with Crippen molar-refractivity contribution in [3.05, 3.63) is 23.9 Å². The van der Waals surface area contributed by atoms with Crippen LogP contribution in [0, 0.1) is 11.8 Å². The molecule has 8 heteroatoms. The fourth-order valence-corrected chi connectivity index (χ4v) is 3.67. The van der Waals surface area contributed by atoms with E-state index < -0.39 is 23.9 Å². The number of nitrogens with one attached hydrogen (secondary N) is 2. The first kappa shape index (κ1) is 16.7. The van der Waals surface area contributed by atoms with Crippen LogP contribution < -0.4 is 10.6 Å². The summed E-state index contributed by atoms with van der Waals surface area (Å²) in [5, 5.41) is 5.15. The molecular formula is C18H20N4O4. The van der Waals surface area contributed by atoms with Crippen molar-refractivity contribution in [1.82, 2.24) is 15.5 Å². The molecule has 136 valence electrons. The molecule has 1 saturated carbocycles. The second kappa shape index (κ2) is 6.19. The summed E-state index contributed by atoms with van der Waals surface area (Å²) in [7, 11) is 0. The van der Waals surface area contributed by atoms with Crippen LogP contribution in [-0.4, -0.2) is 46.4 Å². The first-order valence-corrected chi connectivity index (χ1v) is 8.86. The molecule has 3 unspecified atom stereocenters. The molecule has 2 N–H and O–H groups in total. The smallest absolute Gasteiger partial charge is 0.249 e. The van der Waals surface area contributed by atoms with Gasteiger partial charge in [-0.3, -0.25) is 34.4 Å². The van der Waals surface area contributed by atoms with Crippen LogP contribution in [-0.2, 0) is 19.2 Å². The number of amidine groups is 1. The van der Waals surface area contributed by atoms with Crippen LogP contribution in [0.5, 0.6) is 0 Å². The number of piperidine rings is 1. The molecular weight excluding hydrogens is 336 g/mol. The monoisotopic (exact) mass is 356 g/mol. The Morgan fingerprint density at radius 2 is 2.04 bits per heavy atom. The lowest BCUT2D eigenvalue weighted by Gasteiger charge is -2.40. The van der Waals surface area contributed by atoms with Crippen LogP contribution in [0.15, 0.2) is 28.9 Å². The second-order valence-electron chi connectivity index (χ2n) is 7.09. The maximum atomic E-state index is 13.2. The molecule has 2 aliphatic carbocycles. The van der Waals surface area contributed by atoms with Crippen LogP contribution in [0.3, 0.4) is 0 Å². The van der Waals surface area contributed by atoms with Gasteiger partial charge in [0.25, 0.3) is 0 Å². The molecule has 4 aliphatic rings. The Morgan fingerprint density at radius 3 is 2.73 bits per heavy atom. The van der Waals surface area contributed by atoms with Crippen molar-refractivity contribution in [2.75, 3.05) is 0 Å². The Bertz CT molecular complexity index is 793. The van der Waals surface area contributed by atoms with Gasteiger partial charge in [-0.2, -0.15) is 0 Å². The normalized spacial score (nSPS) is 31.0. The minimum Gasteiger partial charge on any atom is -0.329 e. The average Bonchev–Trinajstić information content (AvgIpc) is 3.41. The topological polar surface area (TPSA) is 108 Å². The number of fused-ring (bicyclic) bond motifs is 1. The Balaban J connectivity index is 1.61. The standard InChI is InChI=1S/C18H20N4O4/c1-9-19-11-3-2-4-12(20-16(24)10-5-6-10)15(11)18(26)22(9)13-7-8-14(23)21-17(13)25/h2-4,10-11,13,15H,5-8H2,1H3,(H,20,24)(H,21,23,25). The van der Waals surface area contributed by atoms with Crippen molar-refractivity contribution in [2.45, 2.75) is 44.7 Å². The molecule has 0 spiro atoms. The van der Waals surface area contributed by atoms with Crippen molar-refractivity contribution < 1.29 is 19.2 Å². The Morgan fingerprint density at radius 1 is 1.27 bits per heavy atom. The van der Waals surface area contributed by atoms with Crippen molar-refractivity contribution in [3.8, 4) is 0 Å². The van der Waals surface area contributed by atoms with Gasteiger partial charge in [0.2, 0.25) is 23.6 Å². The Labute approximate surface area is 150 Å². The number of hydrogen-bond donors (Lipinski definition) is 2. The maximum absolute atomic E-state index is 13.2. The zero-order chi connectivity index (χ0) is 18.4. The van der Waals surface area contributed by atoms with Crippen LogP contribution in [0.1, 0.15) is 32.6 Å². The van der Waals surface area contributed by atoms with E-state index in [0.29, 0.717) is 11.5 Å². The number of hydrogen-bond acceptors (Lipinski definition) is 5. The van der Waals surface area contributed by atoms with Crippen LogP contribution in [0.2, 0.25) is 0 Å². The summed E-state index contributed by atoms with van der Waals surface area (Å²) in [6, 6.07) is -1.15. The van der Waals surface area contributed by atoms with E-state index in [4.69, 9.17) is 0 Å². The predicted molar refractivity (Wildman–Crippen MR) is 91.5 cm³/mol. The molecule has 2 heterocycles. The molecule has 0 radical (unpaired) electrons. The molecule has 8 nitrogen and oxygen atoms in total. The molecule has 3 atom stereocenters. The van der Waals surface area contributed by atoms with Gasteiger partial charge >= 0.3 is 0 Å². The van der Waals surface area contributed by atoms with E-state index in [1.165, 1.54) is 4.90 Å². The highest BCUT2D eigenvalue weighted by Crippen LogP contribution is 2.33. The largest absolute Gasteiger partial charge is 0.329 e. The lowest BCUT2D eigenvalue weighted by molar-refractivity contribution is -0.144. The van der Waals surface area contributed by atoms with Crippen molar-refractivity contribution in [2.24, 2.45) is 16.8 Å². The number of aliphatic imine (C=N–C) groups is 1. The molecule has 0 aromatic rings. The Kier molecular flexibility index (Phi) is 3.97. The third kappa shape index (κ3) is 2.85. The molecule has 2 fully saturated rings. The first-order chi connectivity index (χ1) is 12.5. The third-order valence-electron chi connectivity index (χ3n) is 5.19. The number of imide groups is 1. The molecule has 2 aliphatic heterocycles. The summed E-state index contributed by atoms with van der Waals surface area (Å²) in [6.45, 7) is 1.69. The van der Waals surface area contributed by atoms with Crippen molar-refractivity contribution in [1.29, 1.82) is 0 Å². The molecule has 4 amide bonds. The number of rotatable bonds is 3. The fraction of sp³-hybridized carbons (Fsp3) is 0.500. The van der Waals surface area contributed by atoms with Gasteiger partial charge in [0, 0.05) is 18.0 Å². The predicted octanol–water partition coefficient (Wildman–Crippen LogP) is 0.0169. The summed E-state index contributed by atoms with van der Waals surface area (Å²) in [5.74, 6) is -1.35. The maximum Gasteiger partial charge on any atom is 0.249 e. The van der Waals surface area contributed by atoms with Gasteiger partial charge in [0.15, 0.2) is 0 Å². The summed E-state index contributed by atoms with van der Waals surface area (Å²) >= 11 is 0. The molecule has 0 bridgehead atoms. The third-order valence-corrected chi connectivity index (χ3v) is 5.19. The van der Waals surface area contributed by atoms with Gasteiger partial charge in [-0.15, -0.1) is 0 Å². The van der Waals surface area contributed by atoms with Crippen LogP contribution in [0.4, 0.5) is 0 Å². The first-order valence-electron chi connectivity index (χ1n) is 8.86. The highest BCUT2D eigenvalue weighted by atomic mass is 16.2. The second-order valence-corrected chi connectivity index (χ2v) is 7.09. The van der Waals surface area contributed by atoms with Crippen LogP contribution >= 0.6 is 0 Å².